The van der Waals surface area contributed by atoms with Crippen LogP contribution < -0.4 is 10.5 Å². The summed E-state index contributed by atoms with van der Waals surface area (Å²) in [5.41, 5.74) is 8.91. The van der Waals surface area contributed by atoms with Crippen molar-refractivity contribution >= 4 is 0 Å². The smallest absolute Gasteiger partial charge is 0.119 e. The van der Waals surface area contributed by atoms with Crippen LogP contribution in [0.4, 0.5) is 0 Å². The Labute approximate surface area is 114 Å². The Kier molecular flexibility index (Phi) is 3.25. The Morgan fingerprint density at radius 2 is 2.26 bits per heavy atom. The van der Waals surface area contributed by atoms with E-state index in [1.807, 2.05) is 0 Å². The van der Waals surface area contributed by atoms with Crippen LogP contribution in [0.1, 0.15) is 17.2 Å². The zero-order valence-corrected chi connectivity index (χ0v) is 11.7. The van der Waals surface area contributed by atoms with Crippen molar-refractivity contribution in [3.8, 4) is 5.75 Å². The first-order valence-corrected chi connectivity index (χ1v) is 6.85. The fraction of sp³-hybridized carbons (Fsp3) is 0.600. The van der Waals surface area contributed by atoms with Gasteiger partial charge in [0, 0.05) is 24.5 Å². The molecule has 1 unspecified atom stereocenters. The van der Waals surface area contributed by atoms with Crippen molar-refractivity contribution in [2.75, 3.05) is 40.5 Å². The highest BCUT2D eigenvalue weighted by molar-refractivity contribution is 5.40. The van der Waals surface area contributed by atoms with Gasteiger partial charge in [-0.05, 0) is 36.7 Å². The Morgan fingerprint density at radius 1 is 1.47 bits per heavy atom. The molecule has 2 N–H and O–H groups in total. The third-order valence-electron chi connectivity index (χ3n) is 4.58. The zero-order valence-electron chi connectivity index (χ0n) is 11.7. The maximum absolute atomic E-state index is 6.04. The standard InChI is InChI=1S/C15H22N2O2/c1-17-6-5-11-7-12(18-2)3-4-13(11)14(17)15(8-16)9-19-10-15/h3-4,7,14H,5-6,8-10,16H2,1-2H3. The van der Waals surface area contributed by atoms with Crippen molar-refractivity contribution in [3.05, 3.63) is 29.3 Å². The zero-order chi connectivity index (χ0) is 13.5. The molecule has 0 radical (unpaired) electrons. The lowest BCUT2D eigenvalue weighted by atomic mass is 9.71. The molecule has 2 aliphatic rings. The maximum Gasteiger partial charge on any atom is 0.119 e. The van der Waals surface area contributed by atoms with Gasteiger partial charge in [0.2, 0.25) is 0 Å². The van der Waals surface area contributed by atoms with Crippen LogP contribution in [0.25, 0.3) is 0 Å². The molecule has 4 heteroatoms. The molecule has 0 spiro atoms. The molecule has 19 heavy (non-hydrogen) atoms. The van der Waals surface area contributed by atoms with E-state index in [1.54, 1.807) is 7.11 Å². The normalized spacial score (nSPS) is 25.5. The first-order chi connectivity index (χ1) is 9.20. The van der Waals surface area contributed by atoms with Gasteiger partial charge in [-0.2, -0.15) is 0 Å². The predicted molar refractivity (Wildman–Crippen MR) is 74.4 cm³/mol. The first kappa shape index (κ1) is 12.9. The van der Waals surface area contributed by atoms with Gasteiger partial charge in [-0.1, -0.05) is 6.07 Å². The summed E-state index contributed by atoms with van der Waals surface area (Å²) in [6.07, 6.45) is 1.07. The van der Waals surface area contributed by atoms with Crippen LogP contribution in [0.5, 0.6) is 5.75 Å². The van der Waals surface area contributed by atoms with E-state index in [4.69, 9.17) is 15.2 Å². The molecule has 1 aromatic carbocycles. The number of ether oxygens (including phenoxy) is 2. The lowest BCUT2D eigenvalue weighted by molar-refractivity contribution is -0.150. The number of hydrogen-bond donors (Lipinski definition) is 1. The van der Waals surface area contributed by atoms with E-state index >= 15 is 0 Å². The van der Waals surface area contributed by atoms with Crippen molar-refractivity contribution in [2.45, 2.75) is 12.5 Å². The molecule has 0 amide bonds. The summed E-state index contributed by atoms with van der Waals surface area (Å²) in [5.74, 6) is 0.939. The van der Waals surface area contributed by atoms with E-state index in [2.05, 4.69) is 30.1 Å². The Balaban J connectivity index is 2.01. The molecular formula is C15H22N2O2. The van der Waals surface area contributed by atoms with E-state index in [0.717, 1.165) is 31.9 Å². The summed E-state index contributed by atoms with van der Waals surface area (Å²) in [4.78, 5) is 2.42. The van der Waals surface area contributed by atoms with Gasteiger partial charge in [-0.3, -0.25) is 4.90 Å². The number of fused-ring (bicyclic) bond motifs is 1. The molecule has 104 valence electrons. The second kappa shape index (κ2) is 4.78. The molecule has 0 saturated carbocycles. The number of nitrogens with two attached hydrogens (primary N) is 1. The molecule has 1 fully saturated rings. The molecule has 1 aromatic rings. The Hall–Kier alpha value is -1.10. The summed E-state index contributed by atoms with van der Waals surface area (Å²) in [6, 6.07) is 6.78. The molecule has 2 heterocycles. The molecular weight excluding hydrogens is 240 g/mol. The minimum Gasteiger partial charge on any atom is -0.497 e. The second-order valence-electron chi connectivity index (χ2n) is 5.76. The summed E-state index contributed by atoms with van der Waals surface area (Å²) >= 11 is 0. The molecule has 3 rings (SSSR count). The van der Waals surface area contributed by atoms with Crippen LogP contribution in [0, 0.1) is 5.41 Å². The number of likely N-dealkylation sites (N-methyl/N-ethyl adjacent to an activating group) is 1. The fourth-order valence-corrected chi connectivity index (χ4v) is 3.40. The average molecular weight is 262 g/mol. The summed E-state index contributed by atoms with van der Waals surface area (Å²) < 4.78 is 10.8. The average Bonchev–Trinajstić information content (AvgIpc) is 2.40. The largest absolute Gasteiger partial charge is 0.497 e. The SMILES string of the molecule is COc1ccc2c(c1)CCN(C)C2C1(CN)COC1. The van der Waals surface area contributed by atoms with Gasteiger partial charge in [0.25, 0.3) is 0 Å². The number of rotatable bonds is 3. The van der Waals surface area contributed by atoms with Crippen molar-refractivity contribution in [1.82, 2.24) is 4.90 Å². The van der Waals surface area contributed by atoms with Gasteiger partial charge in [-0.25, -0.2) is 0 Å². The highest BCUT2D eigenvalue weighted by atomic mass is 16.5. The Morgan fingerprint density at radius 3 is 2.84 bits per heavy atom. The first-order valence-electron chi connectivity index (χ1n) is 6.85. The molecule has 0 bridgehead atoms. The summed E-state index contributed by atoms with van der Waals surface area (Å²) in [6.45, 7) is 3.27. The topological polar surface area (TPSA) is 47.7 Å². The molecule has 1 atom stereocenters. The molecule has 2 aliphatic heterocycles. The van der Waals surface area contributed by atoms with E-state index < -0.39 is 0 Å². The van der Waals surface area contributed by atoms with Crippen molar-refractivity contribution in [2.24, 2.45) is 11.1 Å². The van der Waals surface area contributed by atoms with Crippen LogP contribution in [0.3, 0.4) is 0 Å². The summed E-state index contributed by atoms with van der Waals surface area (Å²) in [7, 11) is 3.91. The third kappa shape index (κ3) is 1.95. The fourth-order valence-electron chi connectivity index (χ4n) is 3.40. The minimum atomic E-state index is 0.0819. The van der Waals surface area contributed by atoms with Crippen LogP contribution in [0.2, 0.25) is 0 Å². The van der Waals surface area contributed by atoms with Gasteiger partial charge >= 0.3 is 0 Å². The lowest BCUT2D eigenvalue weighted by Gasteiger charge is -2.52. The van der Waals surface area contributed by atoms with Crippen LogP contribution in [0.15, 0.2) is 18.2 Å². The minimum absolute atomic E-state index is 0.0819. The molecule has 0 aromatic heterocycles. The van der Waals surface area contributed by atoms with Crippen LogP contribution in [-0.4, -0.2) is 45.4 Å². The quantitative estimate of drug-likeness (QED) is 0.889. The predicted octanol–water partition coefficient (Wildman–Crippen LogP) is 1.20. The monoisotopic (exact) mass is 262 g/mol. The number of benzene rings is 1. The highest BCUT2D eigenvalue weighted by Crippen LogP contribution is 2.46. The van der Waals surface area contributed by atoms with E-state index in [0.29, 0.717) is 12.6 Å². The number of methoxy groups -OCH3 is 1. The van der Waals surface area contributed by atoms with E-state index in [-0.39, 0.29) is 5.41 Å². The number of hydrogen-bond acceptors (Lipinski definition) is 4. The molecule has 0 aliphatic carbocycles. The van der Waals surface area contributed by atoms with Gasteiger partial charge in [0.15, 0.2) is 0 Å². The van der Waals surface area contributed by atoms with Gasteiger partial charge in [0.1, 0.15) is 5.75 Å². The van der Waals surface area contributed by atoms with Crippen LogP contribution >= 0.6 is 0 Å². The maximum atomic E-state index is 6.04. The molecule has 4 nitrogen and oxygen atoms in total. The molecule has 1 saturated heterocycles. The lowest BCUT2D eigenvalue weighted by Crippen LogP contribution is -2.57. The van der Waals surface area contributed by atoms with E-state index in [1.165, 1.54) is 11.1 Å². The number of nitrogens with zero attached hydrogens (tertiary/aromatic N) is 1. The van der Waals surface area contributed by atoms with Crippen molar-refractivity contribution < 1.29 is 9.47 Å². The van der Waals surface area contributed by atoms with Gasteiger partial charge in [-0.15, -0.1) is 0 Å². The van der Waals surface area contributed by atoms with Gasteiger partial charge in [0.05, 0.1) is 20.3 Å². The van der Waals surface area contributed by atoms with E-state index in [9.17, 15) is 0 Å². The highest BCUT2D eigenvalue weighted by Gasteiger charge is 2.48. The van der Waals surface area contributed by atoms with Crippen LogP contribution in [-0.2, 0) is 11.2 Å². The Bertz CT molecular complexity index is 466. The van der Waals surface area contributed by atoms with Gasteiger partial charge < -0.3 is 15.2 Å². The summed E-state index contributed by atoms with van der Waals surface area (Å²) in [5, 5.41) is 0. The third-order valence-corrected chi connectivity index (χ3v) is 4.58. The van der Waals surface area contributed by atoms with Crippen molar-refractivity contribution in [3.63, 3.8) is 0 Å². The second-order valence-corrected chi connectivity index (χ2v) is 5.76. The van der Waals surface area contributed by atoms with Crippen molar-refractivity contribution in [1.29, 1.82) is 0 Å².